The molecule has 1 aromatic heterocycles. The third kappa shape index (κ3) is 3.02. The zero-order chi connectivity index (χ0) is 14.7. The van der Waals surface area contributed by atoms with Gasteiger partial charge >= 0.3 is 0 Å². The minimum atomic E-state index is 0.109. The van der Waals surface area contributed by atoms with Crippen molar-refractivity contribution in [2.45, 2.75) is 6.92 Å². The molecule has 0 unspecified atom stereocenters. The summed E-state index contributed by atoms with van der Waals surface area (Å²) in [5.41, 5.74) is 1.88. The average Bonchev–Trinajstić information content (AvgIpc) is 2.55. The molecule has 5 heteroatoms. The summed E-state index contributed by atoms with van der Waals surface area (Å²) < 4.78 is 0. The Morgan fingerprint density at radius 2 is 1.90 bits per heavy atom. The van der Waals surface area contributed by atoms with Crippen LogP contribution in [0.5, 0.6) is 0 Å². The fraction of sp³-hybridized carbons (Fsp3) is 0.312. The van der Waals surface area contributed by atoms with E-state index in [1.54, 1.807) is 6.20 Å². The maximum absolute atomic E-state index is 12.5. The van der Waals surface area contributed by atoms with Gasteiger partial charge in [0.05, 0.1) is 0 Å². The van der Waals surface area contributed by atoms with Crippen LogP contribution in [0.1, 0.15) is 15.9 Å². The van der Waals surface area contributed by atoms with Crippen molar-refractivity contribution in [1.82, 2.24) is 15.1 Å². The Labute approximate surface area is 124 Å². The molecule has 0 bridgehead atoms. The number of anilines is 1. The van der Waals surface area contributed by atoms with Gasteiger partial charge in [-0.3, -0.25) is 4.79 Å². The Morgan fingerprint density at radius 1 is 1.10 bits per heavy atom. The minimum Gasteiger partial charge on any atom is -0.352 e. The van der Waals surface area contributed by atoms with Gasteiger partial charge in [-0.1, -0.05) is 17.7 Å². The summed E-state index contributed by atoms with van der Waals surface area (Å²) in [6.45, 7) is 5.00. The Bertz CT molecular complexity index is 621. The number of benzene rings is 1. The van der Waals surface area contributed by atoms with E-state index in [1.165, 1.54) is 0 Å². The van der Waals surface area contributed by atoms with Crippen molar-refractivity contribution in [1.29, 1.82) is 0 Å². The first kappa shape index (κ1) is 13.5. The van der Waals surface area contributed by atoms with Gasteiger partial charge in [0.15, 0.2) is 5.82 Å². The van der Waals surface area contributed by atoms with Gasteiger partial charge in [-0.15, -0.1) is 5.10 Å². The molecule has 5 nitrogen and oxygen atoms in total. The summed E-state index contributed by atoms with van der Waals surface area (Å²) in [4.78, 5) is 16.5. The van der Waals surface area contributed by atoms with Crippen LogP contribution in [-0.4, -0.2) is 47.2 Å². The van der Waals surface area contributed by atoms with Gasteiger partial charge in [0.2, 0.25) is 0 Å². The first-order chi connectivity index (χ1) is 10.2. The lowest BCUT2D eigenvalue weighted by molar-refractivity contribution is 0.0746. The largest absolute Gasteiger partial charge is 0.352 e. The Morgan fingerprint density at radius 3 is 2.57 bits per heavy atom. The van der Waals surface area contributed by atoms with E-state index in [-0.39, 0.29) is 5.91 Å². The van der Waals surface area contributed by atoms with Crippen LogP contribution in [0.3, 0.4) is 0 Å². The van der Waals surface area contributed by atoms with E-state index >= 15 is 0 Å². The number of carbonyl (C=O) groups excluding carboxylic acids is 1. The van der Waals surface area contributed by atoms with Gasteiger partial charge in [-0.05, 0) is 31.2 Å². The molecule has 0 radical (unpaired) electrons. The molecule has 0 aliphatic carbocycles. The topological polar surface area (TPSA) is 49.3 Å². The van der Waals surface area contributed by atoms with E-state index in [1.807, 2.05) is 48.2 Å². The maximum atomic E-state index is 12.5. The number of nitrogens with zero attached hydrogens (tertiary/aromatic N) is 4. The van der Waals surface area contributed by atoms with Gasteiger partial charge in [-0.2, -0.15) is 5.10 Å². The smallest absolute Gasteiger partial charge is 0.253 e. The quantitative estimate of drug-likeness (QED) is 0.842. The Balaban J connectivity index is 1.64. The van der Waals surface area contributed by atoms with Crippen LogP contribution in [0.15, 0.2) is 42.6 Å². The third-order valence-corrected chi connectivity index (χ3v) is 3.71. The molecule has 1 aliphatic rings. The summed E-state index contributed by atoms with van der Waals surface area (Å²) >= 11 is 0. The molecule has 0 spiro atoms. The summed E-state index contributed by atoms with van der Waals surface area (Å²) in [5, 5.41) is 8.01. The van der Waals surface area contributed by atoms with Crippen LogP contribution >= 0.6 is 0 Å². The van der Waals surface area contributed by atoms with Crippen LogP contribution in [-0.2, 0) is 0 Å². The lowest BCUT2D eigenvalue weighted by Gasteiger charge is -2.35. The molecular formula is C16H18N4O. The van der Waals surface area contributed by atoms with E-state index < -0.39 is 0 Å². The van der Waals surface area contributed by atoms with Gasteiger partial charge in [0.1, 0.15) is 0 Å². The van der Waals surface area contributed by atoms with Gasteiger partial charge < -0.3 is 9.80 Å². The summed E-state index contributed by atoms with van der Waals surface area (Å²) in [6, 6.07) is 11.6. The highest BCUT2D eigenvalue weighted by Gasteiger charge is 2.22. The molecule has 0 N–H and O–H groups in total. The zero-order valence-corrected chi connectivity index (χ0v) is 12.1. The van der Waals surface area contributed by atoms with Crippen LogP contribution in [0, 0.1) is 6.92 Å². The van der Waals surface area contributed by atoms with Crippen LogP contribution in [0.2, 0.25) is 0 Å². The van der Waals surface area contributed by atoms with Crippen LogP contribution in [0.4, 0.5) is 5.82 Å². The molecule has 21 heavy (non-hydrogen) atoms. The lowest BCUT2D eigenvalue weighted by Crippen LogP contribution is -2.49. The molecule has 2 aromatic rings. The first-order valence-electron chi connectivity index (χ1n) is 7.12. The summed E-state index contributed by atoms with van der Waals surface area (Å²) in [7, 11) is 0. The predicted molar refractivity (Wildman–Crippen MR) is 81.3 cm³/mol. The van der Waals surface area contributed by atoms with E-state index in [9.17, 15) is 4.79 Å². The second-order valence-corrected chi connectivity index (χ2v) is 5.23. The molecule has 0 atom stereocenters. The second-order valence-electron chi connectivity index (χ2n) is 5.23. The summed E-state index contributed by atoms with van der Waals surface area (Å²) in [6.07, 6.45) is 1.67. The molecule has 1 aliphatic heterocycles. The average molecular weight is 282 g/mol. The molecule has 1 fully saturated rings. The molecule has 108 valence electrons. The molecular weight excluding hydrogens is 264 g/mol. The second kappa shape index (κ2) is 5.91. The van der Waals surface area contributed by atoms with Crippen molar-refractivity contribution in [2.24, 2.45) is 0 Å². The monoisotopic (exact) mass is 282 g/mol. The number of amides is 1. The van der Waals surface area contributed by atoms with Crippen molar-refractivity contribution in [3.05, 3.63) is 53.7 Å². The van der Waals surface area contributed by atoms with E-state index in [2.05, 4.69) is 15.1 Å². The van der Waals surface area contributed by atoms with E-state index in [0.717, 1.165) is 30.0 Å². The number of piperazine rings is 1. The molecule has 3 rings (SSSR count). The molecule has 1 amide bonds. The van der Waals surface area contributed by atoms with Crippen molar-refractivity contribution in [3.8, 4) is 0 Å². The fourth-order valence-corrected chi connectivity index (χ4v) is 2.56. The minimum absolute atomic E-state index is 0.109. The number of aryl methyl sites for hydroxylation is 1. The number of rotatable bonds is 2. The normalized spacial score (nSPS) is 15.1. The van der Waals surface area contributed by atoms with Gasteiger partial charge in [-0.25, -0.2) is 0 Å². The fourth-order valence-electron chi connectivity index (χ4n) is 2.56. The third-order valence-electron chi connectivity index (χ3n) is 3.71. The highest BCUT2D eigenvalue weighted by atomic mass is 16.2. The van der Waals surface area contributed by atoms with Gasteiger partial charge in [0, 0.05) is 37.9 Å². The standard InChI is InChI=1S/C16H18N4O/c1-13-4-2-5-14(12-13)16(21)20-10-8-19(9-11-20)15-6-3-7-17-18-15/h2-7,12H,8-11H2,1H3. The van der Waals surface area contributed by atoms with Gasteiger partial charge in [0.25, 0.3) is 5.91 Å². The molecule has 2 heterocycles. The molecule has 0 saturated carbocycles. The van der Waals surface area contributed by atoms with Crippen LogP contribution in [0.25, 0.3) is 0 Å². The van der Waals surface area contributed by atoms with Crippen molar-refractivity contribution in [3.63, 3.8) is 0 Å². The SMILES string of the molecule is Cc1cccc(C(=O)N2CCN(c3cccnn3)CC2)c1. The number of carbonyl (C=O) groups is 1. The van der Waals surface area contributed by atoms with Crippen molar-refractivity contribution >= 4 is 11.7 Å². The Hall–Kier alpha value is -2.43. The first-order valence-corrected chi connectivity index (χ1v) is 7.12. The molecule has 1 aromatic carbocycles. The number of hydrogen-bond donors (Lipinski definition) is 0. The predicted octanol–water partition coefficient (Wildman–Crippen LogP) is 1.75. The van der Waals surface area contributed by atoms with E-state index in [0.29, 0.717) is 13.1 Å². The summed E-state index contributed by atoms with van der Waals surface area (Å²) in [5.74, 6) is 0.984. The van der Waals surface area contributed by atoms with E-state index in [4.69, 9.17) is 0 Å². The lowest BCUT2D eigenvalue weighted by atomic mass is 10.1. The maximum Gasteiger partial charge on any atom is 0.253 e. The van der Waals surface area contributed by atoms with Crippen LogP contribution < -0.4 is 4.90 Å². The highest BCUT2D eigenvalue weighted by Crippen LogP contribution is 2.14. The molecule has 1 saturated heterocycles. The Kier molecular flexibility index (Phi) is 3.81. The zero-order valence-electron chi connectivity index (χ0n) is 12.1. The number of hydrogen-bond acceptors (Lipinski definition) is 4. The van der Waals surface area contributed by atoms with Crippen molar-refractivity contribution < 1.29 is 4.79 Å². The highest BCUT2D eigenvalue weighted by molar-refractivity contribution is 5.94. The number of aromatic nitrogens is 2. The van der Waals surface area contributed by atoms with Crippen molar-refractivity contribution in [2.75, 3.05) is 31.1 Å².